The summed E-state index contributed by atoms with van der Waals surface area (Å²) in [4.78, 5) is 23.2. The SMILES string of the molecule is CC(=O)C1CC/C(=C(/C)C=O)CCCC1OC1OC(CO)C(O)C(O)C1O. The van der Waals surface area contributed by atoms with Crippen molar-refractivity contribution in [3.05, 3.63) is 11.1 Å². The van der Waals surface area contributed by atoms with Gasteiger partial charge in [-0.3, -0.25) is 9.59 Å². The summed E-state index contributed by atoms with van der Waals surface area (Å²) in [5.74, 6) is -0.498. The Kier molecular flexibility index (Phi) is 8.08. The molecule has 0 bridgehead atoms. The summed E-state index contributed by atoms with van der Waals surface area (Å²) >= 11 is 0. The Hall–Kier alpha value is -1.16. The van der Waals surface area contributed by atoms with E-state index in [1.54, 1.807) is 6.92 Å². The third-order valence-corrected chi connectivity index (χ3v) is 5.59. The molecule has 0 aromatic carbocycles. The first-order chi connectivity index (χ1) is 12.8. The molecule has 4 N–H and O–H groups in total. The van der Waals surface area contributed by atoms with Gasteiger partial charge in [0.15, 0.2) is 6.29 Å². The Balaban J connectivity index is 2.13. The third-order valence-electron chi connectivity index (χ3n) is 5.59. The van der Waals surface area contributed by atoms with Crippen LogP contribution in [0.3, 0.4) is 0 Å². The molecule has 1 saturated heterocycles. The Morgan fingerprint density at radius 3 is 2.44 bits per heavy atom. The number of allylic oxidation sites excluding steroid dienone is 2. The minimum absolute atomic E-state index is 0.0606. The highest BCUT2D eigenvalue weighted by atomic mass is 16.7. The maximum absolute atomic E-state index is 12.2. The van der Waals surface area contributed by atoms with Crippen LogP contribution in [0, 0.1) is 5.92 Å². The monoisotopic (exact) mass is 386 g/mol. The van der Waals surface area contributed by atoms with Crippen LogP contribution in [-0.2, 0) is 19.1 Å². The smallest absolute Gasteiger partial charge is 0.186 e. The molecule has 0 radical (unpaired) electrons. The Morgan fingerprint density at radius 2 is 1.85 bits per heavy atom. The Bertz CT molecular complexity index is 558. The number of aldehydes is 1. The summed E-state index contributed by atoms with van der Waals surface area (Å²) in [6.07, 6.45) is -3.38. The predicted octanol–water partition coefficient (Wildman–Crippen LogP) is -0.144. The van der Waals surface area contributed by atoms with Crippen molar-refractivity contribution >= 4 is 12.1 Å². The zero-order valence-corrected chi connectivity index (χ0v) is 15.8. The van der Waals surface area contributed by atoms with Gasteiger partial charge in [-0.15, -0.1) is 0 Å². The first-order valence-electron chi connectivity index (χ1n) is 9.40. The van der Waals surface area contributed by atoms with Gasteiger partial charge in [0.1, 0.15) is 36.5 Å². The number of Topliss-reactive ketones (excluding diaryl/α,β-unsaturated/α-hetero) is 1. The number of carbonyl (C=O) groups is 2. The number of aliphatic hydroxyl groups is 4. The molecule has 0 aromatic rings. The van der Waals surface area contributed by atoms with E-state index in [9.17, 15) is 30.0 Å². The number of ketones is 1. The van der Waals surface area contributed by atoms with Gasteiger partial charge in [0.2, 0.25) is 0 Å². The zero-order valence-electron chi connectivity index (χ0n) is 15.8. The minimum atomic E-state index is -1.52. The highest BCUT2D eigenvalue weighted by Gasteiger charge is 2.45. The molecule has 2 rings (SSSR count). The van der Waals surface area contributed by atoms with Gasteiger partial charge < -0.3 is 29.9 Å². The molecule has 0 spiro atoms. The van der Waals surface area contributed by atoms with Crippen LogP contribution >= 0.6 is 0 Å². The zero-order chi connectivity index (χ0) is 20.1. The number of ether oxygens (including phenoxy) is 2. The van der Waals surface area contributed by atoms with E-state index in [2.05, 4.69) is 0 Å². The van der Waals surface area contributed by atoms with Crippen molar-refractivity contribution in [2.45, 2.75) is 82.8 Å². The van der Waals surface area contributed by atoms with E-state index in [-0.39, 0.29) is 5.78 Å². The summed E-state index contributed by atoms with van der Waals surface area (Å²) in [7, 11) is 0. The van der Waals surface area contributed by atoms with E-state index in [4.69, 9.17) is 9.47 Å². The lowest BCUT2D eigenvalue weighted by atomic mass is 9.83. The second-order valence-corrected chi connectivity index (χ2v) is 7.42. The number of aliphatic hydroxyl groups excluding tert-OH is 4. The summed E-state index contributed by atoms with van der Waals surface area (Å²) in [6, 6.07) is 0. The number of hydrogen-bond donors (Lipinski definition) is 4. The molecular formula is C19H30O8. The van der Waals surface area contributed by atoms with Gasteiger partial charge in [-0.1, -0.05) is 5.57 Å². The number of carbonyl (C=O) groups excluding carboxylic acids is 2. The molecule has 7 unspecified atom stereocenters. The van der Waals surface area contributed by atoms with E-state index in [0.717, 1.165) is 18.3 Å². The first-order valence-corrected chi connectivity index (χ1v) is 9.40. The van der Waals surface area contributed by atoms with E-state index >= 15 is 0 Å². The average molecular weight is 386 g/mol. The Labute approximate surface area is 158 Å². The van der Waals surface area contributed by atoms with Crippen LogP contribution in [0.4, 0.5) is 0 Å². The van der Waals surface area contributed by atoms with E-state index in [1.807, 2.05) is 0 Å². The fourth-order valence-corrected chi connectivity index (χ4v) is 3.82. The molecule has 1 heterocycles. The highest BCUT2D eigenvalue weighted by molar-refractivity contribution is 5.79. The van der Waals surface area contributed by atoms with Crippen molar-refractivity contribution in [3.8, 4) is 0 Å². The molecule has 0 amide bonds. The molecule has 2 fully saturated rings. The molecule has 8 nitrogen and oxygen atoms in total. The summed E-state index contributed by atoms with van der Waals surface area (Å²) < 4.78 is 11.3. The van der Waals surface area contributed by atoms with Gasteiger partial charge in [-0.25, -0.2) is 0 Å². The Morgan fingerprint density at radius 1 is 1.15 bits per heavy atom. The van der Waals surface area contributed by atoms with Crippen molar-refractivity contribution in [1.29, 1.82) is 0 Å². The van der Waals surface area contributed by atoms with Crippen molar-refractivity contribution in [3.63, 3.8) is 0 Å². The molecule has 154 valence electrons. The normalized spacial score (nSPS) is 40.0. The molecular weight excluding hydrogens is 356 g/mol. The summed E-state index contributed by atoms with van der Waals surface area (Å²) in [5, 5.41) is 39.3. The lowest BCUT2D eigenvalue weighted by molar-refractivity contribution is -0.314. The van der Waals surface area contributed by atoms with Crippen molar-refractivity contribution in [2.24, 2.45) is 5.92 Å². The van der Waals surface area contributed by atoms with Crippen LogP contribution in [0.25, 0.3) is 0 Å². The van der Waals surface area contributed by atoms with Gasteiger partial charge >= 0.3 is 0 Å². The molecule has 2 aliphatic rings. The van der Waals surface area contributed by atoms with Gasteiger partial charge in [0.25, 0.3) is 0 Å². The van der Waals surface area contributed by atoms with E-state index in [1.165, 1.54) is 6.92 Å². The number of rotatable bonds is 5. The highest BCUT2D eigenvalue weighted by Crippen LogP contribution is 2.32. The predicted molar refractivity (Wildman–Crippen MR) is 94.7 cm³/mol. The molecule has 8 heteroatoms. The van der Waals surface area contributed by atoms with Gasteiger partial charge in [-0.05, 0) is 51.5 Å². The van der Waals surface area contributed by atoms with Crippen LogP contribution in [0.15, 0.2) is 11.1 Å². The maximum Gasteiger partial charge on any atom is 0.186 e. The first kappa shape index (κ1) is 22.1. The summed E-state index contributed by atoms with van der Waals surface area (Å²) in [6.45, 7) is 2.71. The van der Waals surface area contributed by atoms with Crippen LogP contribution in [0.1, 0.15) is 46.0 Å². The molecule has 1 aliphatic heterocycles. The molecule has 1 saturated carbocycles. The average Bonchev–Trinajstić information content (AvgIpc) is 2.63. The van der Waals surface area contributed by atoms with E-state index in [0.29, 0.717) is 31.3 Å². The molecule has 1 aliphatic carbocycles. The van der Waals surface area contributed by atoms with Crippen LogP contribution in [0.5, 0.6) is 0 Å². The second-order valence-electron chi connectivity index (χ2n) is 7.42. The molecule has 27 heavy (non-hydrogen) atoms. The topological polar surface area (TPSA) is 134 Å². The third kappa shape index (κ3) is 5.22. The second kappa shape index (κ2) is 9.86. The van der Waals surface area contributed by atoms with Crippen molar-refractivity contribution in [1.82, 2.24) is 0 Å². The van der Waals surface area contributed by atoms with Crippen LogP contribution in [0.2, 0.25) is 0 Å². The largest absolute Gasteiger partial charge is 0.394 e. The lowest BCUT2D eigenvalue weighted by Crippen LogP contribution is -2.60. The molecule has 7 atom stereocenters. The van der Waals surface area contributed by atoms with Crippen LogP contribution < -0.4 is 0 Å². The van der Waals surface area contributed by atoms with Gasteiger partial charge in [-0.2, -0.15) is 0 Å². The van der Waals surface area contributed by atoms with Crippen molar-refractivity contribution in [2.75, 3.05) is 6.61 Å². The molecule has 0 aromatic heterocycles. The van der Waals surface area contributed by atoms with Crippen molar-refractivity contribution < 1.29 is 39.5 Å². The maximum atomic E-state index is 12.2. The van der Waals surface area contributed by atoms with Gasteiger partial charge in [0, 0.05) is 5.92 Å². The number of hydrogen-bond acceptors (Lipinski definition) is 8. The fraction of sp³-hybridized carbons (Fsp3) is 0.789. The summed E-state index contributed by atoms with van der Waals surface area (Å²) in [5.41, 5.74) is 1.74. The van der Waals surface area contributed by atoms with E-state index < -0.39 is 49.3 Å². The lowest BCUT2D eigenvalue weighted by Gasteiger charge is -2.42. The fourth-order valence-electron chi connectivity index (χ4n) is 3.82. The van der Waals surface area contributed by atoms with Crippen LogP contribution in [-0.4, -0.2) is 75.9 Å². The minimum Gasteiger partial charge on any atom is -0.394 e. The van der Waals surface area contributed by atoms with Gasteiger partial charge in [0.05, 0.1) is 12.7 Å². The quantitative estimate of drug-likeness (QED) is 0.379. The standard InChI is InChI=1S/C19H30O8/c1-10(8-20)12-4-3-5-14(13(7-6-12)11(2)22)26-19-18(25)17(24)16(23)15(9-21)27-19/h8,13-19,21,23-25H,3-7,9H2,1-2H3/b12-10-.